The van der Waals surface area contributed by atoms with Crippen LogP contribution < -0.4 is 5.32 Å². The van der Waals surface area contributed by atoms with Crippen molar-refractivity contribution in [2.75, 3.05) is 26.7 Å². The summed E-state index contributed by atoms with van der Waals surface area (Å²) in [6.07, 6.45) is 2.23. The van der Waals surface area contributed by atoms with Gasteiger partial charge in [-0.05, 0) is 40.3 Å². The molecule has 0 aliphatic heterocycles. The highest BCUT2D eigenvalue weighted by Gasteiger charge is 2.23. The first kappa shape index (κ1) is 14.9. The lowest BCUT2D eigenvalue weighted by atomic mass is 9.99. The molecule has 0 saturated heterocycles. The van der Waals surface area contributed by atoms with Crippen molar-refractivity contribution >= 4 is 0 Å². The minimum Gasteiger partial charge on any atom is -0.395 e. The maximum Gasteiger partial charge on any atom is 0.0597 e. The maximum absolute atomic E-state index is 9.25. The number of nitrogens with zero attached hydrogens (tertiary/aromatic N) is 1. The zero-order chi connectivity index (χ0) is 11.9. The number of aliphatic hydroxyl groups is 1. The third-order valence-electron chi connectivity index (χ3n) is 3.30. The summed E-state index contributed by atoms with van der Waals surface area (Å²) in [5, 5.41) is 12.6. The highest BCUT2D eigenvalue weighted by molar-refractivity contribution is 4.81. The van der Waals surface area contributed by atoms with Crippen LogP contribution in [-0.2, 0) is 0 Å². The van der Waals surface area contributed by atoms with Crippen molar-refractivity contribution in [1.29, 1.82) is 0 Å². The molecule has 0 fully saturated rings. The van der Waals surface area contributed by atoms with Crippen molar-refractivity contribution < 1.29 is 5.11 Å². The fourth-order valence-electron chi connectivity index (χ4n) is 1.38. The Hall–Kier alpha value is -0.120. The Morgan fingerprint density at radius 2 is 1.93 bits per heavy atom. The van der Waals surface area contributed by atoms with E-state index in [1.807, 2.05) is 0 Å². The highest BCUT2D eigenvalue weighted by atomic mass is 16.3. The molecule has 0 heterocycles. The van der Waals surface area contributed by atoms with E-state index in [0.29, 0.717) is 0 Å². The second-order valence-corrected chi connectivity index (χ2v) is 4.88. The van der Waals surface area contributed by atoms with E-state index in [1.165, 1.54) is 0 Å². The van der Waals surface area contributed by atoms with Crippen molar-refractivity contribution in [2.45, 2.75) is 52.1 Å². The molecule has 3 heteroatoms. The van der Waals surface area contributed by atoms with Gasteiger partial charge in [0.25, 0.3) is 0 Å². The molecule has 0 rings (SSSR count). The molecule has 0 aliphatic rings. The zero-order valence-corrected chi connectivity index (χ0v) is 11.0. The minimum atomic E-state index is 0.195. The lowest BCUT2D eigenvalue weighted by molar-refractivity contribution is 0.115. The van der Waals surface area contributed by atoms with Gasteiger partial charge in [-0.15, -0.1) is 0 Å². The predicted molar refractivity (Wildman–Crippen MR) is 66.2 cm³/mol. The zero-order valence-electron chi connectivity index (χ0n) is 11.0. The predicted octanol–water partition coefficient (Wildman–Crippen LogP) is 1.47. The number of nitrogens with one attached hydrogen (secondary N) is 1. The molecule has 0 spiro atoms. The Balaban J connectivity index is 4.05. The monoisotopic (exact) mass is 216 g/mol. The van der Waals surface area contributed by atoms with Gasteiger partial charge in [0, 0.05) is 18.1 Å². The molecule has 92 valence electrons. The minimum absolute atomic E-state index is 0.195. The van der Waals surface area contributed by atoms with Gasteiger partial charge in [-0.1, -0.05) is 13.8 Å². The maximum atomic E-state index is 9.25. The second kappa shape index (κ2) is 7.20. The topological polar surface area (TPSA) is 35.5 Å². The van der Waals surface area contributed by atoms with Crippen LogP contribution in [0.4, 0.5) is 0 Å². The third kappa shape index (κ3) is 5.50. The van der Waals surface area contributed by atoms with Crippen LogP contribution in [0.2, 0.25) is 0 Å². The summed E-state index contributed by atoms with van der Waals surface area (Å²) < 4.78 is 0. The molecule has 0 radical (unpaired) electrons. The fourth-order valence-corrected chi connectivity index (χ4v) is 1.38. The first-order valence-corrected chi connectivity index (χ1v) is 6.03. The number of likely N-dealkylation sites (N-methyl/N-ethyl adjacent to an activating group) is 1. The highest BCUT2D eigenvalue weighted by Crippen LogP contribution is 2.16. The fraction of sp³-hybridized carbons (Fsp3) is 1.00. The van der Waals surface area contributed by atoms with E-state index in [4.69, 9.17) is 0 Å². The average Bonchev–Trinajstić information content (AvgIpc) is 2.23. The summed E-state index contributed by atoms with van der Waals surface area (Å²) in [5.74, 6) is 0. The molecule has 0 saturated carbocycles. The molecule has 1 unspecified atom stereocenters. The third-order valence-corrected chi connectivity index (χ3v) is 3.30. The molecule has 3 nitrogen and oxygen atoms in total. The van der Waals surface area contributed by atoms with Gasteiger partial charge in [-0.25, -0.2) is 0 Å². The largest absolute Gasteiger partial charge is 0.395 e. The Kier molecular flexibility index (Phi) is 7.14. The van der Waals surface area contributed by atoms with Crippen molar-refractivity contribution in [1.82, 2.24) is 10.2 Å². The van der Waals surface area contributed by atoms with Gasteiger partial charge in [0.15, 0.2) is 0 Å². The standard InChI is InChI=1S/C12H28N2O/c1-6-8-13-11(10-15)9-14(5)12(3,4)7-2/h11,13,15H,6-10H2,1-5H3. The van der Waals surface area contributed by atoms with Gasteiger partial charge in [-0.2, -0.15) is 0 Å². The van der Waals surface area contributed by atoms with Crippen molar-refractivity contribution in [3.8, 4) is 0 Å². The summed E-state index contributed by atoms with van der Waals surface area (Å²) in [6.45, 7) is 10.9. The Morgan fingerprint density at radius 3 is 2.33 bits per heavy atom. The average molecular weight is 216 g/mol. The van der Waals surface area contributed by atoms with Crippen LogP contribution in [0.3, 0.4) is 0 Å². The summed E-state index contributed by atoms with van der Waals surface area (Å²) in [7, 11) is 2.12. The van der Waals surface area contributed by atoms with Crippen LogP contribution in [0.25, 0.3) is 0 Å². The Morgan fingerprint density at radius 1 is 1.33 bits per heavy atom. The van der Waals surface area contributed by atoms with Gasteiger partial charge < -0.3 is 10.4 Å². The van der Waals surface area contributed by atoms with E-state index >= 15 is 0 Å². The number of hydrogen-bond donors (Lipinski definition) is 2. The number of hydrogen-bond acceptors (Lipinski definition) is 3. The van der Waals surface area contributed by atoms with Crippen LogP contribution in [0.5, 0.6) is 0 Å². The molecule has 2 N–H and O–H groups in total. The summed E-state index contributed by atoms with van der Waals surface area (Å²) in [6, 6.07) is 0.195. The van der Waals surface area contributed by atoms with Crippen LogP contribution >= 0.6 is 0 Å². The van der Waals surface area contributed by atoms with Crippen molar-refractivity contribution in [3.63, 3.8) is 0 Å². The van der Waals surface area contributed by atoms with Gasteiger partial charge in [-0.3, -0.25) is 4.90 Å². The van der Waals surface area contributed by atoms with Crippen LogP contribution in [0, 0.1) is 0 Å². The second-order valence-electron chi connectivity index (χ2n) is 4.88. The summed E-state index contributed by atoms with van der Waals surface area (Å²) >= 11 is 0. The molecule has 0 aromatic heterocycles. The number of aliphatic hydroxyl groups excluding tert-OH is 1. The summed E-state index contributed by atoms with van der Waals surface area (Å²) in [4.78, 5) is 2.32. The molecule has 0 amide bonds. The van der Waals surface area contributed by atoms with E-state index in [2.05, 4.69) is 45.0 Å². The molecule has 1 atom stereocenters. The van der Waals surface area contributed by atoms with Crippen LogP contribution in [0.1, 0.15) is 40.5 Å². The molecule has 0 aliphatic carbocycles. The van der Waals surface area contributed by atoms with Gasteiger partial charge >= 0.3 is 0 Å². The molecule has 15 heavy (non-hydrogen) atoms. The lowest BCUT2D eigenvalue weighted by Crippen LogP contribution is -2.49. The summed E-state index contributed by atoms with van der Waals surface area (Å²) in [5.41, 5.74) is 0.210. The number of rotatable bonds is 8. The van der Waals surface area contributed by atoms with Crippen LogP contribution in [0.15, 0.2) is 0 Å². The molecule has 0 aromatic carbocycles. The van der Waals surface area contributed by atoms with Crippen molar-refractivity contribution in [3.05, 3.63) is 0 Å². The van der Waals surface area contributed by atoms with Gasteiger partial charge in [0.05, 0.1) is 6.61 Å². The van der Waals surface area contributed by atoms with E-state index in [9.17, 15) is 5.11 Å². The quantitative estimate of drug-likeness (QED) is 0.645. The first-order chi connectivity index (χ1) is 6.97. The molecular weight excluding hydrogens is 188 g/mol. The molecular formula is C12H28N2O. The van der Waals surface area contributed by atoms with E-state index in [0.717, 1.165) is 25.9 Å². The smallest absolute Gasteiger partial charge is 0.0597 e. The van der Waals surface area contributed by atoms with Crippen molar-refractivity contribution in [2.24, 2.45) is 0 Å². The SMILES string of the molecule is CCCNC(CO)CN(C)C(C)(C)CC. The van der Waals surface area contributed by atoms with Gasteiger partial charge in [0.2, 0.25) is 0 Å². The molecule has 0 aromatic rings. The van der Waals surface area contributed by atoms with E-state index in [-0.39, 0.29) is 18.2 Å². The van der Waals surface area contributed by atoms with Crippen LogP contribution in [-0.4, -0.2) is 48.3 Å². The van der Waals surface area contributed by atoms with E-state index in [1.54, 1.807) is 0 Å². The Labute approximate surface area is 94.9 Å². The molecule has 0 bridgehead atoms. The first-order valence-electron chi connectivity index (χ1n) is 6.03. The Bertz CT molecular complexity index is 160. The lowest BCUT2D eigenvalue weighted by Gasteiger charge is -2.37. The van der Waals surface area contributed by atoms with E-state index < -0.39 is 0 Å². The normalized spacial score (nSPS) is 14.6. The van der Waals surface area contributed by atoms with Gasteiger partial charge in [0.1, 0.15) is 0 Å².